The van der Waals surface area contributed by atoms with Crippen molar-refractivity contribution in [2.75, 3.05) is 26.2 Å². The van der Waals surface area contributed by atoms with Crippen LogP contribution in [0.25, 0.3) is 10.1 Å². The summed E-state index contributed by atoms with van der Waals surface area (Å²) < 4.78 is 1.11. The molecule has 1 N–H and O–H groups in total. The van der Waals surface area contributed by atoms with Crippen LogP contribution in [0.4, 0.5) is 0 Å². The lowest BCUT2D eigenvalue weighted by atomic mass is 10.1. The summed E-state index contributed by atoms with van der Waals surface area (Å²) in [5.74, 6) is -0.0235. The minimum Gasteiger partial charge on any atom is -0.348 e. The summed E-state index contributed by atoms with van der Waals surface area (Å²) in [6.45, 7) is 2.46. The van der Waals surface area contributed by atoms with E-state index in [1.807, 2.05) is 29.6 Å². The van der Waals surface area contributed by atoms with Gasteiger partial charge < -0.3 is 10.2 Å². The van der Waals surface area contributed by atoms with Gasteiger partial charge in [0, 0.05) is 41.1 Å². The van der Waals surface area contributed by atoms with Crippen molar-refractivity contribution in [2.24, 2.45) is 0 Å². The molecule has 0 unspecified atom stereocenters. The third kappa shape index (κ3) is 3.68. The second-order valence-electron chi connectivity index (χ2n) is 7.21. The SMILES string of the molecule is N#C[C@@H]1CCCN1C(=O)CN1CC[C@H](NC(=O)c2csc3ccccc23)C1. The Balaban J connectivity index is 1.33. The number of carbonyl (C=O) groups excluding carboxylic acids is 2. The van der Waals surface area contributed by atoms with Gasteiger partial charge in [-0.3, -0.25) is 14.5 Å². The molecule has 0 spiro atoms. The lowest BCUT2D eigenvalue weighted by molar-refractivity contribution is -0.132. The lowest BCUT2D eigenvalue weighted by Gasteiger charge is -2.23. The average molecular weight is 382 g/mol. The smallest absolute Gasteiger partial charge is 0.253 e. The van der Waals surface area contributed by atoms with Crippen LogP contribution in [-0.4, -0.2) is 59.9 Å². The number of nitrogens with one attached hydrogen (secondary N) is 1. The molecule has 1 aromatic carbocycles. The molecule has 3 heterocycles. The number of carbonyl (C=O) groups is 2. The van der Waals surface area contributed by atoms with E-state index in [-0.39, 0.29) is 23.9 Å². The van der Waals surface area contributed by atoms with Crippen LogP contribution in [-0.2, 0) is 4.79 Å². The standard InChI is InChI=1S/C20H22N4O2S/c21-10-15-4-3-8-24(15)19(25)12-23-9-7-14(11-23)22-20(26)17-13-27-18-6-2-1-5-16(17)18/h1-2,5-6,13-15H,3-4,7-9,11-12H2,(H,22,26)/t14-,15-/m0/s1. The number of hydrogen-bond acceptors (Lipinski definition) is 5. The Kier molecular flexibility index (Phi) is 5.10. The van der Waals surface area contributed by atoms with Crippen LogP contribution in [0.2, 0.25) is 0 Å². The predicted octanol–water partition coefficient (Wildman–Crippen LogP) is 2.22. The summed E-state index contributed by atoms with van der Waals surface area (Å²) in [4.78, 5) is 28.9. The van der Waals surface area contributed by atoms with Gasteiger partial charge >= 0.3 is 0 Å². The maximum Gasteiger partial charge on any atom is 0.253 e. The molecule has 0 bridgehead atoms. The Labute approximate surface area is 162 Å². The van der Waals surface area contributed by atoms with Crippen molar-refractivity contribution in [3.05, 3.63) is 35.2 Å². The van der Waals surface area contributed by atoms with Gasteiger partial charge in [0.25, 0.3) is 5.91 Å². The Morgan fingerprint density at radius 1 is 1.26 bits per heavy atom. The molecule has 27 heavy (non-hydrogen) atoms. The van der Waals surface area contributed by atoms with Crippen molar-refractivity contribution in [1.29, 1.82) is 5.26 Å². The zero-order valence-corrected chi connectivity index (χ0v) is 15.9. The summed E-state index contributed by atoms with van der Waals surface area (Å²) in [5, 5.41) is 15.2. The molecule has 2 fully saturated rings. The molecule has 140 valence electrons. The Hall–Kier alpha value is -2.43. The van der Waals surface area contributed by atoms with E-state index in [2.05, 4.69) is 16.3 Å². The number of hydrogen-bond donors (Lipinski definition) is 1. The highest BCUT2D eigenvalue weighted by Gasteiger charge is 2.32. The molecule has 2 aliphatic heterocycles. The van der Waals surface area contributed by atoms with Gasteiger partial charge in [0.1, 0.15) is 6.04 Å². The third-order valence-corrected chi connectivity index (χ3v) is 6.38. The van der Waals surface area contributed by atoms with Crippen molar-refractivity contribution < 1.29 is 9.59 Å². The van der Waals surface area contributed by atoms with E-state index in [0.29, 0.717) is 19.6 Å². The molecule has 2 atom stereocenters. The van der Waals surface area contributed by atoms with Crippen LogP contribution in [0.5, 0.6) is 0 Å². The van der Waals surface area contributed by atoms with Crippen LogP contribution in [0.3, 0.4) is 0 Å². The number of likely N-dealkylation sites (tertiary alicyclic amines) is 2. The van der Waals surface area contributed by atoms with E-state index >= 15 is 0 Å². The van der Waals surface area contributed by atoms with Crippen LogP contribution >= 0.6 is 11.3 Å². The zero-order chi connectivity index (χ0) is 18.8. The minimum absolute atomic E-state index is 0.0230. The van der Waals surface area contributed by atoms with Crippen LogP contribution in [0.15, 0.2) is 29.6 Å². The summed E-state index contributed by atoms with van der Waals surface area (Å²) >= 11 is 1.58. The monoisotopic (exact) mass is 382 g/mol. The number of fused-ring (bicyclic) bond motifs is 1. The van der Waals surface area contributed by atoms with Gasteiger partial charge in [-0.1, -0.05) is 18.2 Å². The van der Waals surface area contributed by atoms with E-state index in [9.17, 15) is 9.59 Å². The number of amides is 2. The first-order valence-electron chi connectivity index (χ1n) is 9.34. The number of rotatable bonds is 4. The van der Waals surface area contributed by atoms with Gasteiger partial charge in [-0.15, -0.1) is 11.3 Å². The molecule has 0 saturated carbocycles. The van der Waals surface area contributed by atoms with Crippen LogP contribution in [0.1, 0.15) is 29.6 Å². The summed E-state index contributed by atoms with van der Waals surface area (Å²) in [5.41, 5.74) is 0.721. The topological polar surface area (TPSA) is 76.4 Å². The molecule has 0 radical (unpaired) electrons. The Morgan fingerprint density at radius 2 is 2.11 bits per heavy atom. The summed E-state index contributed by atoms with van der Waals surface area (Å²) in [7, 11) is 0. The van der Waals surface area contributed by atoms with Gasteiger partial charge in [-0.2, -0.15) is 5.26 Å². The highest BCUT2D eigenvalue weighted by Crippen LogP contribution is 2.26. The molecular formula is C20H22N4O2S. The second kappa shape index (κ2) is 7.67. The van der Waals surface area contributed by atoms with Crippen LogP contribution < -0.4 is 5.32 Å². The number of nitriles is 1. The van der Waals surface area contributed by atoms with Crippen LogP contribution in [0, 0.1) is 11.3 Å². The minimum atomic E-state index is -0.275. The van der Waals surface area contributed by atoms with E-state index in [0.717, 1.165) is 41.5 Å². The fourth-order valence-corrected chi connectivity index (χ4v) is 4.93. The molecule has 7 heteroatoms. The fourth-order valence-electron chi connectivity index (χ4n) is 3.99. The van der Waals surface area contributed by atoms with Crippen molar-refractivity contribution in [3.63, 3.8) is 0 Å². The van der Waals surface area contributed by atoms with Gasteiger partial charge in [-0.25, -0.2) is 0 Å². The summed E-state index contributed by atoms with van der Waals surface area (Å²) in [6, 6.07) is 9.91. The first kappa shape index (κ1) is 18.0. The van der Waals surface area contributed by atoms with E-state index < -0.39 is 0 Å². The van der Waals surface area contributed by atoms with Crippen molar-refractivity contribution >= 4 is 33.2 Å². The highest BCUT2D eigenvalue weighted by molar-refractivity contribution is 7.17. The quantitative estimate of drug-likeness (QED) is 0.880. The normalized spacial score (nSPS) is 22.9. The van der Waals surface area contributed by atoms with E-state index in [1.165, 1.54) is 0 Å². The molecule has 2 aromatic rings. The molecule has 2 aliphatic rings. The van der Waals surface area contributed by atoms with E-state index in [1.54, 1.807) is 16.2 Å². The summed E-state index contributed by atoms with van der Waals surface area (Å²) in [6.07, 6.45) is 2.51. The Bertz CT molecular complexity index is 903. The number of benzene rings is 1. The Morgan fingerprint density at radius 3 is 2.96 bits per heavy atom. The first-order valence-corrected chi connectivity index (χ1v) is 10.2. The van der Waals surface area contributed by atoms with E-state index in [4.69, 9.17) is 5.26 Å². The molecule has 4 rings (SSSR count). The lowest BCUT2D eigenvalue weighted by Crippen LogP contribution is -2.43. The van der Waals surface area contributed by atoms with Gasteiger partial charge in [0.05, 0.1) is 18.2 Å². The van der Waals surface area contributed by atoms with Crippen molar-refractivity contribution in [2.45, 2.75) is 31.3 Å². The molecule has 6 nitrogen and oxygen atoms in total. The maximum atomic E-state index is 12.7. The van der Waals surface area contributed by atoms with Gasteiger partial charge in [0.15, 0.2) is 0 Å². The molecule has 1 aromatic heterocycles. The average Bonchev–Trinajstić information content (AvgIpc) is 3.40. The largest absolute Gasteiger partial charge is 0.348 e. The molecule has 2 saturated heterocycles. The number of nitrogens with zero attached hydrogens (tertiary/aromatic N) is 3. The second-order valence-corrected chi connectivity index (χ2v) is 8.13. The molecule has 2 amide bonds. The fraction of sp³-hybridized carbons (Fsp3) is 0.450. The predicted molar refractivity (Wildman–Crippen MR) is 104 cm³/mol. The first-order chi connectivity index (χ1) is 13.2. The maximum absolute atomic E-state index is 12.7. The highest BCUT2D eigenvalue weighted by atomic mass is 32.1. The van der Waals surface area contributed by atoms with Gasteiger partial charge in [-0.05, 0) is 25.3 Å². The van der Waals surface area contributed by atoms with Crippen molar-refractivity contribution in [3.8, 4) is 6.07 Å². The van der Waals surface area contributed by atoms with Crippen molar-refractivity contribution in [1.82, 2.24) is 15.1 Å². The molecule has 0 aliphatic carbocycles. The zero-order valence-electron chi connectivity index (χ0n) is 15.1. The third-order valence-electron chi connectivity index (χ3n) is 5.41. The van der Waals surface area contributed by atoms with Gasteiger partial charge in [0.2, 0.25) is 5.91 Å². The number of thiophene rings is 1. The molecular weight excluding hydrogens is 360 g/mol.